The van der Waals surface area contributed by atoms with Crippen LogP contribution in [-0.4, -0.2) is 67.3 Å². The highest BCUT2D eigenvalue weighted by atomic mass is 35.5. The molecule has 1 N–H and O–H groups in total. The lowest BCUT2D eigenvalue weighted by Gasteiger charge is -2.45. The van der Waals surface area contributed by atoms with Crippen LogP contribution in [0.3, 0.4) is 0 Å². The molecule has 210 valence electrons. The highest BCUT2D eigenvalue weighted by Crippen LogP contribution is 2.46. The molecule has 1 saturated carbocycles. The first-order valence-electron chi connectivity index (χ1n) is 13.7. The van der Waals surface area contributed by atoms with Crippen LogP contribution in [0.4, 0.5) is 0 Å². The van der Waals surface area contributed by atoms with Crippen molar-refractivity contribution in [2.45, 2.75) is 65.0 Å². The van der Waals surface area contributed by atoms with E-state index in [2.05, 4.69) is 10.3 Å². The Bertz CT molecular complexity index is 1280. The Labute approximate surface area is 233 Å². The number of ether oxygens (including phenoxy) is 1. The standard InChI is InChI=1S/C28H36ClN5O5/c1-17-12-24(35)33(13-17)15-22-25-19(21(29)7-8-23(25)39-16-18-14-32(3)31-30-18)9-11-34(22)26(36)20-6-4-5-10-28(20,2)27(37)38/h7-8,14,17,20,22H,4-6,9-13,15-16H2,1-3H3,(H,37,38)/t17-,20+,22-,28+/m1/s1. The largest absolute Gasteiger partial charge is 0.487 e. The molecule has 2 aliphatic heterocycles. The Hall–Kier alpha value is -3.14. The van der Waals surface area contributed by atoms with Crippen LogP contribution >= 0.6 is 11.6 Å². The van der Waals surface area contributed by atoms with Crippen molar-refractivity contribution in [2.24, 2.45) is 24.3 Å². The summed E-state index contributed by atoms with van der Waals surface area (Å²) in [6.07, 6.45) is 5.36. The minimum Gasteiger partial charge on any atom is -0.487 e. The van der Waals surface area contributed by atoms with E-state index in [1.165, 1.54) is 0 Å². The van der Waals surface area contributed by atoms with Crippen molar-refractivity contribution >= 4 is 29.4 Å². The smallest absolute Gasteiger partial charge is 0.310 e. The van der Waals surface area contributed by atoms with E-state index in [9.17, 15) is 19.5 Å². The molecule has 1 aromatic heterocycles. The van der Waals surface area contributed by atoms with Gasteiger partial charge in [0, 0.05) is 43.7 Å². The van der Waals surface area contributed by atoms with E-state index >= 15 is 0 Å². The van der Waals surface area contributed by atoms with Crippen LogP contribution < -0.4 is 4.74 Å². The van der Waals surface area contributed by atoms with Gasteiger partial charge < -0.3 is 19.6 Å². The fraction of sp³-hybridized carbons (Fsp3) is 0.607. The molecular formula is C28H36ClN5O5. The van der Waals surface area contributed by atoms with Crippen LogP contribution in [0.15, 0.2) is 18.3 Å². The molecule has 0 unspecified atom stereocenters. The Morgan fingerprint density at radius 1 is 1.28 bits per heavy atom. The van der Waals surface area contributed by atoms with E-state index < -0.39 is 23.3 Å². The quantitative estimate of drug-likeness (QED) is 0.552. The van der Waals surface area contributed by atoms with E-state index in [0.29, 0.717) is 61.8 Å². The number of aromatic nitrogens is 3. The Kier molecular flexibility index (Phi) is 7.59. The number of carboxylic acids is 1. The molecule has 1 aromatic carbocycles. The van der Waals surface area contributed by atoms with Crippen molar-refractivity contribution in [3.8, 4) is 5.75 Å². The number of rotatable bonds is 7. The summed E-state index contributed by atoms with van der Waals surface area (Å²) in [5, 5.41) is 18.8. The molecule has 39 heavy (non-hydrogen) atoms. The van der Waals surface area contributed by atoms with Crippen LogP contribution in [0.2, 0.25) is 5.02 Å². The Balaban J connectivity index is 1.53. The first-order chi connectivity index (χ1) is 18.6. The van der Waals surface area contributed by atoms with Crippen LogP contribution in [0.1, 0.15) is 68.8 Å². The van der Waals surface area contributed by atoms with Gasteiger partial charge in [0.15, 0.2) is 0 Å². The summed E-state index contributed by atoms with van der Waals surface area (Å²) >= 11 is 6.69. The van der Waals surface area contributed by atoms with Crippen LogP contribution in [-0.2, 0) is 34.5 Å². The lowest BCUT2D eigenvalue weighted by molar-refractivity contribution is -0.162. The third-order valence-electron chi connectivity index (χ3n) is 8.68. The fourth-order valence-electron chi connectivity index (χ4n) is 6.51. The summed E-state index contributed by atoms with van der Waals surface area (Å²) in [4.78, 5) is 43.1. The number of carbonyl (C=O) groups excluding carboxylic acids is 2. The number of benzene rings is 1. The second-order valence-electron chi connectivity index (χ2n) is 11.5. The van der Waals surface area contributed by atoms with E-state index in [1.807, 2.05) is 11.8 Å². The number of carboxylic acid groups (broad SMARTS) is 1. The van der Waals surface area contributed by atoms with Crippen LogP contribution in [0.5, 0.6) is 5.75 Å². The van der Waals surface area contributed by atoms with Gasteiger partial charge in [0.25, 0.3) is 0 Å². The lowest BCUT2D eigenvalue weighted by atomic mass is 9.66. The highest BCUT2D eigenvalue weighted by Gasteiger charge is 2.50. The van der Waals surface area contributed by atoms with Gasteiger partial charge in [0.2, 0.25) is 11.8 Å². The minimum atomic E-state index is -1.13. The summed E-state index contributed by atoms with van der Waals surface area (Å²) in [7, 11) is 1.78. The predicted octanol–water partition coefficient (Wildman–Crippen LogP) is 3.62. The molecule has 5 rings (SSSR count). The number of hydrogen-bond acceptors (Lipinski definition) is 6. The average molecular weight is 558 g/mol. The third-order valence-corrected chi connectivity index (χ3v) is 9.03. The first kappa shape index (κ1) is 27.4. The van der Waals surface area contributed by atoms with Crippen molar-refractivity contribution in [1.82, 2.24) is 24.8 Å². The highest BCUT2D eigenvalue weighted by molar-refractivity contribution is 6.31. The van der Waals surface area contributed by atoms with E-state index in [-0.39, 0.29) is 24.3 Å². The molecule has 4 atom stereocenters. The second-order valence-corrected chi connectivity index (χ2v) is 11.9. The summed E-state index contributed by atoms with van der Waals surface area (Å²) in [6, 6.07) is 3.09. The van der Waals surface area contributed by atoms with Crippen LogP contribution in [0.25, 0.3) is 0 Å². The molecule has 2 aromatic rings. The topological polar surface area (TPSA) is 118 Å². The number of aryl methyl sites for hydroxylation is 1. The van der Waals surface area contributed by atoms with Gasteiger partial charge in [0.1, 0.15) is 18.1 Å². The summed E-state index contributed by atoms with van der Waals surface area (Å²) in [6.45, 7) is 5.24. The first-order valence-corrected chi connectivity index (χ1v) is 14.1. The van der Waals surface area contributed by atoms with E-state index in [0.717, 1.165) is 24.0 Å². The van der Waals surface area contributed by atoms with E-state index in [4.69, 9.17) is 16.3 Å². The number of aliphatic carboxylic acids is 1. The molecule has 2 amide bonds. The predicted molar refractivity (Wildman–Crippen MR) is 143 cm³/mol. The maximum Gasteiger partial charge on any atom is 0.310 e. The zero-order chi connectivity index (χ0) is 27.9. The maximum atomic E-state index is 14.3. The van der Waals surface area contributed by atoms with Crippen molar-refractivity contribution in [3.63, 3.8) is 0 Å². The van der Waals surface area contributed by atoms with Gasteiger partial charge in [-0.15, -0.1) is 5.10 Å². The Morgan fingerprint density at radius 2 is 2.08 bits per heavy atom. The average Bonchev–Trinajstić information content (AvgIpc) is 3.46. The number of carbonyl (C=O) groups is 3. The van der Waals surface area contributed by atoms with Gasteiger partial charge in [0.05, 0.1) is 23.6 Å². The van der Waals surface area contributed by atoms with Gasteiger partial charge in [-0.2, -0.15) is 0 Å². The number of amides is 2. The van der Waals surface area contributed by atoms with Crippen molar-refractivity contribution in [3.05, 3.63) is 40.2 Å². The monoisotopic (exact) mass is 557 g/mol. The van der Waals surface area contributed by atoms with Crippen molar-refractivity contribution < 1.29 is 24.2 Å². The molecule has 3 heterocycles. The van der Waals surface area contributed by atoms with Gasteiger partial charge in [-0.1, -0.05) is 36.6 Å². The summed E-state index contributed by atoms with van der Waals surface area (Å²) in [5.74, 6) is -0.885. The number of likely N-dealkylation sites (tertiary alicyclic amines) is 1. The Morgan fingerprint density at radius 3 is 2.74 bits per heavy atom. The van der Waals surface area contributed by atoms with Crippen LogP contribution in [0, 0.1) is 17.3 Å². The van der Waals surface area contributed by atoms with Gasteiger partial charge in [-0.05, 0) is 49.8 Å². The van der Waals surface area contributed by atoms with Crippen molar-refractivity contribution in [1.29, 1.82) is 0 Å². The second kappa shape index (κ2) is 10.8. The molecule has 11 heteroatoms. The van der Waals surface area contributed by atoms with Gasteiger partial charge in [-0.3, -0.25) is 19.1 Å². The number of hydrogen-bond donors (Lipinski definition) is 1. The minimum absolute atomic E-state index is 0.0547. The third kappa shape index (κ3) is 5.23. The molecule has 10 nitrogen and oxygen atoms in total. The van der Waals surface area contributed by atoms with E-state index in [1.54, 1.807) is 41.9 Å². The number of halogens is 1. The molecule has 0 bridgehead atoms. The maximum absolute atomic E-state index is 14.3. The summed E-state index contributed by atoms with van der Waals surface area (Å²) in [5.41, 5.74) is 1.21. The molecular weight excluding hydrogens is 522 g/mol. The zero-order valence-electron chi connectivity index (χ0n) is 22.7. The lowest BCUT2D eigenvalue weighted by Crippen LogP contribution is -2.52. The molecule has 1 saturated heterocycles. The van der Waals surface area contributed by atoms with Crippen molar-refractivity contribution in [2.75, 3.05) is 19.6 Å². The van der Waals surface area contributed by atoms with Gasteiger partial charge >= 0.3 is 5.97 Å². The SMILES string of the molecule is C[C@@H]1CC(=O)N(C[C@@H]2c3c(OCc4cn(C)nn4)ccc(Cl)c3CCN2C(=O)[C@@H]2CCCC[C@]2(C)C(=O)O)C1. The molecule has 0 spiro atoms. The zero-order valence-corrected chi connectivity index (χ0v) is 23.5. The van der Waals surface area contributed by atoms with Gasteiger partial charge in [-0.25, -0.2) is 0 Å². The number of nitrogens with zero attached hydrogens (tertiary/aromatic N) is 5. The molecule has 1 aliphatic carbocycles. The molecule has 2 fully saturated rings. The number of fused-ring (bicyclic) bond motifs is 1. The molecule has 0 radical (unpaired) electrons. The fourth-order valence-corrected chi connectivity index (χ4v) is 6.77. The molecule has 3 aliphatic rings. The summed E-state index contributed by atoms with van der Waals surface area (Å²) < 4.78 is 7.84. The normalized spacial score (nSPS) is 27.0.